The summed E-state index contributed by atoms with van der Waals surface area (Å²) in [4.78, 5) is 35.0. The molecule has 3 aromatic heterocycles. The van der Waals surface area contributed by atoms with Gasteiger partial charge in [0.1, 0.15) is 17.1 Å². The molecule has 0 spiro atoms. The van der Waals surface area contributed by atoms with Gasteiger partial charge in [0.15, 0.2) is 5.82 Å². The number of carbonyl (C=O) groups excluding carboxylic acids is 1. The topological polar surface area (TPSA) is 80.0 Å². The molecule has 0 saturated carbocycles. The van der Waals surface area contributed by atoms with Crippen LogP contribution in [0.1, 0.15) is 26.2 Å². The lowest BCUT2D eigenvalue weighted by Crippen LogP contribution is -2.59. The molecule has 0 aliphatic carbocycles. The maximum atomic E-state index is 13.1. The van der Waals surface area contributed by atoms with Crippen molar-refractivity contribution < 1.29 is 4.79 Å². The van der Waals surface area contributed by atoms with Crippen molar-refractivity contribution in [3.63, 3.8) is 0 Å². The summed E-state index contributed by atoms with van der Waals surface area (Å²) >= 11 is 0. The van der Waals surface area contributed by atoms with Crippen molar-refractivity contribution in [1.29, 1.82) is 0 Å². The molecule has 8 heteroatoms. The Balaban J connectivity index is 1.65. The monoisotopic (exact) mass is 375 g/mol. The van der Waals surface area contributed by atoms with Crippen LogP contribution in [0, 0.1) is 0 Å². The Labute approximate surface area is 162 Å². The predicted octanol–water partition coefficient (Wildman–Crippen LogP) is 2.45. The van der Waals surface area contributed by atoms with Crippen LogP contribution >= 0.6 is 0 Å². The standard InChI is InChI=1S/C20H21N7O/c1-3-20-7-4-11-27(20)17-15(25(2)18(20)28)13-23-19(24-17)26-12-10-22-16(26)14-5-8-21-9-6-14/h5-6,8-10,12-13H,3-4,7,11H2,1-2H3/t20-/m0/s1. The number of hydrogen-bond donors (Lipinski definition) is 0. The van der Waals surface area contributed by atoms with Crippen LogP contribution in [0.3, 0.4) is 0 Å². The summed E-state index contributed by atoms with van der Waals surface area (Å²) in [5.74, 6) is 2.26. The highest BCUT2D eigenvalue weighted by Crippen LogP contribution is 2.45. The number of imidazole rings is 1. The van der Waals surface area contributed by atoms with E-state index in [0.717, 1.165) is 48.7 Å². The molecule has 0 bridgehead atoms. The number of carbonyl (C=O) groups is 1. The third kappa shape index (κ3) is 2.20. The van der Waals surface area contributed by atoms with Crippen LogP contribution in [0.25, 0.3) is 17.3 Å². The Morgan fingerprint density at radius 3 is 2.79 bits per heavy atom. The lowest BCUT2D eigenvalue weighted by molar-refractivity contribution is -0.123. The fourth-order valence-corrected chi connectivity index (χ4v) is 4.44. The Kier molecular flexibility index (Phi) is 3.68. The third-order valence-corrected chi connectivity index (χ3v) is 5.93. The number of rotatable bonds is 3. The van der Waals surface area contributed by atoms with E-state index in [-0.39, 0.29) is 5.91 Å². The fourth-order valence-electron chi connectivity index (χ4n) is 4.44. The smallest absolute Gasteiger partial charge is 0.252 e. The van der Waals surface area contributed by atoms with E-state index in [0.29, 0.717) is 5.95 Å². The van der Waals surface area contributed by atoms with E-state index in [1.807, 2.05) is 29.9 Å². The number of aromatic nitrogens is 5. The SMILES string of the molecule is CC[C@@]12CCCN1c1nc(-n3ccnc3-c3ccncc3)ncc1N(C)C2=O. The van der Waals surface area contributed by atoms with Crippen molar-refractivity contribution in [1.82, 2.24) is 24.5 Å². The molecule has 5 rings (SSSR count). The predicted molar refractivity (Wildman–Crippen MR) is 105 cm³/mol. The van der Waals surface area contributed by atoms with E-state index in [1.165, 1.54) is 0 Å². The summed E-state index contributed by atoms with van der Waals surface area (Å²) < 4.78 is 1.87. The van der Waals surface area contributed by atoms with Crippen molar-refractivity contribution >= 4 is 17.4 Å². The molecule has 0 radical (unpaired) electrons. The Morgan fingerprint density at radius 2 is 2.00 bits per heavy atom. The number of hydrogen-bond acceptors (Lipinski definition) is 6. The van der Waals surface area contributed by atoms with Gasteiger partial charge in [-0.2, -0.15) is 4.98 Å². The molecular formula is C20H21N7O. The van der Waals surface area contributed by atoms with Crippen LogP contribution in [0.2, 0.25) is 0 Å². The van der Waals surface area contributed by atoms with Crippen LogP contribution in [-0.4, -0.2) is 49.5 Å². The lowest BCUT2D eigenvalue weighted by Gasteiger charge is -2.45. The molecule has 5 heterocycles. The first-order chi connectivity index (χ1) is 13.7. The summed E-state index contributed by atoms with van der Waals surface area (Å²) in [6, 6.07) is 3.82. The maximum absolute atomic E-state index is 13.1. The van der Waals surface area contributed by atoms with Gasteiger partial charge in [-0.15, -0.1) is 0 Å². The van der Waals surface area contributed by atoms with Crippen molar-refractivity contribution in [3.05, 3.63) is 43.1 Å². The Bertz CT molecular complexity index is 1050. The van der Waals surface area contributed by atoms with Gasteiger partial charge in [0.05, 0.1) is 6.20 Å². The molecule has 0 aromatic carbocycles. The molecule has 1 saturated heterocycles. The molecule has 0 N–H and O–H groups in total. The lowest BCUT2D eigenvalue weighted by atomic mass is 9.89. The first-order valence-electron chi connectivity index (χ1n) is 9.52. The number of pyridine rings is 1. The minimum absolute atomic E-state index is 0.136. The van der Waals surface area contributed by atoms with Crippen LogP contribution in [0.15, 0.2) is 43.1 Å². The van der Waals surface area contributed by atoms with Crippen molar-refractivity contribution in [2.24, 2.45) is 0 Å². The number of amides is 1. The van der Waals surface area contributed by atoms with Gasteiger partial charge in [0.2, 0.25) is 5.95 Å². The molecule has 8 nitrogen and oxygen atoms in total. The first-order valence-corrected chi connectivity index (χ1v) is 9.52. The van der Waals surface area contributed by atoms with E-state index in [9.17, 15) is 4.79 Å². The normalized spacial score (nSPS) is 21.0. The van der Waals surface area contributed by atoms with Crippen molar-refractivity contribution in [2.45, 2.75) is 31.7 Å². The molecular weight excluding hydrogens is 354 g/mol. The van der Waals surface area contributed by atoms with Crippen LogP contribution in [0.4, 0.5) is 11.5 Å². The fraction of sp³-hybridized carbons (Fsp3) is 0.350. The molecule has 1 fully saturated rings. The number of fused-ring (bicyclic) bond motifs is 3. The van der Waals surface area contributed by atoms with Crippen LogP contribution < -0.4 is 9.80 Å². The molecule has 1 amide bonds. The summed E-state index contributed by atoms with van der Waals surface area (Å²) in [5.41, 5.74) is 1.21. The number of anilines is 2. The van der Waals surface area contributed by atoms with Gasteiger partial charge < -0.3 is 9.80 Å². The summed E-state index contributed by atoms with van der Waals surface area (Å²) in [7, 11) is 1.82. The second kappa shape index (κ2) is 6.12. The van der Waals surface area contributed by atoms with E-state index >= 15 is 0 Å². The first kappa shape index (κ1) is 16.9. The molecule has 2 aliphatic heterocycles. The minimum atomic E-state index is -0.490. The zero-order valence-corrected chi connectivity index (χ0v) is 15.9. The van der Waals surface area contributed by atoms with E-state index < -0.39 is 5.54 Å². The van der Waals surface area contributed by atoms with E-state index in [1.54, 1.807) is 29.7 Å². The Hall–Kier alpha value is -3.29. The second-order valence-electron chi connectivity index (χ2n) is 7.24. The summed E-state index contributed by atoms with van der Waals surface area (Å²) in [6.07, 6.45) is 11.4. The quantitative estimate of drug-likeness (QED) is 0.700. The Morgan fingerprint density at radius 1 is 1.18 bits per heavy atom. The third-order valence-electron chi connectivity index (χ3n) is 5.93. The van der Waals surface area contributed by atoms with Crippen LogP contribution in [0.5, 0.6) is 0 Å². The zero-order valence-electron chi connectivity index (χ0n) is 15.9. The second-order valence-corrected chi connectivity index (χ2v) is 7.24. The van der Waals surface area contributed by atoms with Crippen molar-refractivity contribution in [3.8, 4) is 17.3 Å². The molecule has 1 atom stereocenters. The molecule has 0 unspecified atom stereocenters. The summed E-state index contributed by atoms with van der Waals surface area (Å²) in [5, 5.41) is 0. The van der Waals surface area contributed by atoms with Gasteiger partial charge in [-0.25, -0.2) is 9.97 Å². The maximum Gasteiger partial charge on any atom is 0.252 e. The highest BCUT2D eigenvalue weighted by Gasteiger charge is 2.52. The molecule has 3 aromatic rings. The highest BCUT2D eigenvalue weighted by atomic mass is 16.2. The van der Waals surface area contributed by atoms with Gasteiger partial charge in [-0.1, -0.05) is 6.92 Å². The highest BCUT2D eigenvalue weighted by molar-refractivity contribution is 6.07. The largest absolute Gasteiger partial charge is 0.340 e. The molecule has 28 heavy (non-hydrogen) atoms. The van der Waals surface area contributed by atoms with Gasteiger partial charge >= 0.3 is 0 Å². The van der Waals surface area contributed by atoms with Gasteiger partial charge in [0.25, 0.3) is 5.91 Å². The average Bonchev–Trinajstić information content (AvgIpc) is 3.40. The van der Waals surface area contributed by atoms with E-state index in [2.05, 4.69) is 26.8 Å². The number of nitrogens with zero attached hydrogens (tertiary/aromatic N) is 7. The zero-order chi connectivity index (χ0) is 19.3. The average molecular weight is 375 g/mol. The van der Waals surface area contributed by atoms with Gasteiger partial charge in [0, 0.05) is 43.9 Å². The molecule has 142 valence electrons. The minimum Gasteiger partial charge on any atom is -0.340 e. The molecule has 2 aliphatic rings. The van der Waals surface area contributed by atoms with E-state index in [4.69, 9.17) is 4.98 Å². The van der Waals surface area contributed by atoms with Gasteiger partial charge in [-0.3, -0.25) is 14.3 Å². The number of likely N-dealkylation sites (N-methyl/N-ethyl adjacent to an activating group) is 1. The van der Waals surface area contributed by atoms with Crippen LogP contribution in [-0.2, 0) is 4.79 Å². The van der Waals surface area contributed by atoms with Crippen molar-refractivity contribution in [2.75, 3.05) is 23.4 Å². The summed E-state index contributed by atoms with van der Waals surface area (Å²) in [6.45, 7) is 2.91. The van der Waals surface area contributed by atoms with Gasteiger partial charge in [-0.05, 0) is 31.4 Å².